The number of amides is 1. The number of carboxylic acids is 1. The maximum absolute atomic E-state index is 12.3. The summed E-state index contributed by atoms with van der Waals surface area (Å²) in [5.41, 5.74) is 3.82. The summed E-state index contributed by atoms with van der Waals surface area (Å²) in [4.78, 5) is 23.9. The van der Waals surface area contributed by atoms with Crippen LogP contribution in [0.25, 0.3) is 0 Å². The van der Waals surface area contributed by atoms with Crippen molar-refractivity contribution in [3.05, 3.63) is 0 Å². The van der Waals surface area contributed by atoms with Crippen molar-refractivity contribution in [2.45, 2.75) is 65.3 Å². The van der Waals surface area contributed by atoms with Gasteiger partial charge in [-0.3, -0.25) is 9.59 Å². The molecule has 0 spiro atoms. The fourth-order valence-electron chi connectivity index (χ4n) is 2.46. The van der Waals surface area contributed by atoms with Crippen molar-refractivity contribution < 1.29 is 14.7 Å². The van der Waals surface area contributed by atoms with Gasteiger partial charge in [0.05, 0.1) is 10.8 Å². The Morgan fingerprint density at radius 3 is 2.05 bits per heavy atom. The van der Waals surface area contributed by atoms with E-state index in [4.69, 9.17) is 5.73 Å². The van der Waals surface area contributed by atoms with Gasteiger partial charge in [0.2, 0.25) is 5.91 Å². The molecule has 20 heavy (non-hydrogen) atoms. The summed E-state index contributed by atoms with van der Waals surface area (Å²) in [7, 11) is 0. The third-order valence-electron chi connectivity index (χ3n) is 5.03. The molecule has 0 aromatic heterocycles. The van der Waals surface area contributed by atoms with Crippen molar-refractivity contribution in [1.29, 1.82) is 0 Å². The molecule has 0 heterocycles. The Balaban J connectivity index is 2.74. The smallest absolute Gasteiger partial charge is 0.311 e. The predicted octanol–water partition coefficient (Wildman–Crippen LogP) is 1.90. The average molecular weight is 284 g/mol. The van der Waals surface area contributed by atoms with Crippen LogP contribution in [0.3, 0.4) is 0 Å². The molecule has 0 unspecified atom stereocenters. The van der Waals surface area contributed by atoms with Gasteiger partial charge in [-0.15, -0.1) is 0 Å². The summed E-state index contributed by atoms with van der Waals surface area (Å²) in [6.07, 6.45) is 4.16. The lowest BCUT2D eigenvalue weighted by Crippen LogP contribution is -2.57. The van der Waals surface area contributed by atoms with Gasteiger partial charge >= 0.3 is 5.97 Å². The van der Waals surface area contributed by atoms with Crippen LogP contribution in [-0.4, -0.2) is 29.1 Å². The highest BCUT2D eigenvalue weighted by molar-refractivity contribution is 5.84. The molecule has 1 rings (SSSR count). The number of carboxylic acid groups (broad SMARTS) is 1. The SMILES string of the molecule is CC(C)(N)C(C)(C)C(=O)NCC1(C(=O)O)CCCCC1. The second kappa shape index (κ2) is 5.72. The third-order valence-corrected chi connectivity index (χ3v) is 5.03. The zero-order chi connectivity index (χ0) is 15.6. The lowest BCUT2D eigenvalue weighted by atomic mass is 9.72. The van der Waals surface area contributed by atoms with Crippen LogP contribution in [0.4, 0.5) is 0 Å². The Morgan fingerprint density at radius 1 is 1.15 bits per heavy atom. The van der Waals surface area contributed by atoms with Crippen LogP contribution in [-0.2, 0) is 9.59 Å². The van der Waals surface area contributed by atoms with Gasteiger partial charge in [-0.25, -0.2) is 0 Å². The van der Waals surface area contributed by atoms with E-state index < -0.39 is 22.3 Å². The summed E-state index contributed by atoms with van der Waals surface area (Å²) >= 11 is 0. The number of carbonyl (C=O) groups is 2. The summed E-state index contributed by atoms with van der Waals surface area (Å²) in [6, 6.07) is 0. The minimum atomic E-state index is -0.803. The highest BCUT2D eigenvalue weighted by Crippen LogP contribution is 2.36. The van der Waals surface area contributed by atoms with Crippen LogP contribution in [0.2, 0.25) is 0 Å². The largest absolute Gasteiger partial charge is 0.481 e. The summed E-state index contributed by atoms with van der Waals surface area (Å²) in [5.74, 6) is -0.987. The van der Waals surface area contributed by atoms with Crippen LogP contribution >= 0.6 is 0 Å². The van der Waals surface area contributed by atoms with E-state index in [1.165, 1.54) is 0 Å². The van der Waals surface area contributed by atoms with Gasteiger partial charge in [-0.2, -0.15) is 0 Å². The standard InChI is InChI=1S/C15H28N2O3/c1-13(2,14(3,4)16)11(18)17-10-15(12(19)20)8-6-5-7-9-15/h5-10,16H2,1-4H3,(H,17,18)(H,19,20). The molecule has 0 aromatic rings. The minimum absolute atomic E-state index is 0.184. The van der Waals surface area contributed by atoms with Gasteiger partial charge in [0.15, 0.2) is 0 Å². The number of nitrogens with one attached hydrogen (secondary N) is 1. The molecule has 1 saturated carbocycles. The summed E-state index contributed by atoms with van der Waals surface area (Å²) in [5, 5.41) is 12.3. The highest BCUT2D eigenvalue weighted by Gasteiger charge is 2.44. The topological polar surface area (TPSA) is 92.4 Å². The van der Waals surface area contributed by atoms with E-state index >= 15 is 0 Å². The second-order valence-corrected chi connectivity index (χ2v) is 7.18. The fourth-order valence-corrected chi connectivity index (χ4v) is 2.46. The highest BCUT2D eigenvalue weighted by atomic mass is 16.4. The first kappa shape index (κ1) is 17.0. The van der Waals surface area contributed by atoms with E-state index in [1.54, 1.807) is 27.7 Å². The molecule has 0 aromatic carbocycles. The van der Waals surface area contributed by atoms with Gasteiger partial charge < -0.3 is 16.2 Å². The number of nitrogens with two attached hydrogens (primary N) is 1. The van der Waals surface area contributed by atoms with E-state index in [2.05, 4.69) is 5.32 Å². The maximum Gasteiger partial charge on any atom is 0.311 e. The van der Waals surface area contributed by atoms with Gasteiger partial charge in [0.25, 0.3) is 0 Å². The zero-order valence-corrected chi connectivity index (χ0v) is 13.1. The molecule has 1 fully saturated rings. The van der Waals surface area contributed by atoms with Crippen LogP contribution in [0.5, 0.6) is 0 Å². The molecule has 5 nitrogen and oxygen atoms in total. The molecule has 1 amide bonds. The molecule has 0 saturated heterocycles. The summed E-state index contributed by atoms with van der Waals surface area (Å²) in [6.45, 7) is 7.38. The first-order valence-corrected chi connectivity index (χ1v) is 7.33. The monoisotopic (exact) mass is 284 g/mol. The third kappa shape index (κ3) is 3.32. The lowest BCUT2D eigenvalue weighted by molar-refractivity contribution is -0.151. The molecular formula is C15H28N2O3. The molecule has 0 bridgehead atoms. The first-order chi connectivity index (χ1) is 9.03. The van der Waals surface area contributed by atoms with Crippen LogP contribution in [0.1, 0.15) is 59.8 Å². The van der Waals surface area contributed by atoms with E-state index in [1.807, 2.05) is 0 Å². The van der Waals surface area contributed by atoms with Crippen molar-refractivity contribution >= 4 is 11.9 Å². The van der Waals surface area contributed by atoms with Gasteiger partial charge in [0, 0.05) is 12.1 Å². The van der Waals surface area contributed by atoms with Crippen molar-refractivity contribution in [3.8, 4) is 0 Å². The number of rotatable bonds is 5. The number of aliphatic carboxylic acids is 1. The average Bonchev–Trinajstić information content (AvgIpc) is 2.35. The molecular weight excluding hydrogens is 256 g/mol. The molecule has 0 atom stereocenters. The molecule has 116 valence electrons. The van der Waals surface area contributed by atoms with E-state index in [-0.39, 0.29) is 12.5 Å². The second-order valence-electron chi connectivity index (χ2n) is 7.18. The molecule has 0 radical (unpaired) electrons. The first-order valence-electron chi connectivity index (χ1n) is 7.33. The van der Waals surface area contributed by atoms with Crippen molar-refractivity contribution in [1.82, 2.24) is 5.32 Å². The Morgan fingerprint density at radius 2 is 1.65 bits per heavy atom. The zero-order valence-electron chi connectivity index (χ0n) is 13.1. The Bertz CT molecular complexity index is 377. The number of carbonyl (C=O) groups excluding carboxylic acids is 1. The van der Waals surface area contributed by atoms with Crippen LogP contribution in [0, 0.1) is 10.8 Å². The van der Waals surface area contributed by atoms with Gasteiger partial charge in [-0.1, -0.05) is 19.3 Å². The number of hydrogen-bond donors (Lipinski definition) is 3. The Hall–Kier alpha value is -1.10. The molecule has 5 heteroatoms. The minimum Gasteiger partial charge on any atom is -0.481 e. The number of hydrogen-bond acceptors (Lipinski definition) is 3. The van der Waals surface area contributed by atoms with E-state index in [9.17, 15) is 14.7 Å². The summed E-state index contributed by atoms with van der Waals surface area (Å²) < 4.78 is 0. The van der Waals surface area contributed by atoms with Gasteiger partial charge in [-0.05, 0) is 40.5 Å². The Kier molecular flexibility index (Phi) is 4.85. The van der Waals surface area contributed by atoms with Crippen molar-refractivity contribution in [2.75, 3.05) is 6.54 Å². The maximum atomic E-state index is 12.3. The van der Waals surface area contributed by atoms with Crippen LogP contribution < -0.4 is 11.1 Å². The normalized spacial score (nSPS) is 19.4. The molecule has 4 N–H and O–H groups in total. The van der Waals surface area contributed by atoms with Crippen LogP contribution in [0.15, 0.2) is 0 Å². The quantitative estimate of drug-likeness (QED) is 0.719. The fraction of sp³-hybridized carbons (Fsp3) is 0.867. The predicted molar refractivity (Wildman–Crippen MR) is 78.2 cm³/mol. The lowest BCUT2D eigenvalue weighted by Gasteiger charge is -2.39. The molecule has 0 aliphatic heterocycles. The molecule has 1 aliphatic rings. The van der Waals surface area contributed by atoms with Crippen molar-refractivity contribution in [3.63, 3.8) is 0 Å². The van der Waals surface area contributed by atoms with Crippen molar-refractivity contribution in [2.24, 2.45) is 16.6 Å². The van der Waals surface area contributed by atoms with Gasteiger partial charge in [0.1, 0.15) is 0 Å². The van der Waals surface area contributed by atoms with E-state index in [0.717, 1.165) is 19.3 Å². The van der Waals surface area contributed by atoms with E-state index in [0.29, 0.717) is 12.8 Å². The molecule has 1 aliphatic carbocycles. The Labute approximate surface area is 121 Å².